The predicted octanol–water partition coefficient (Wildman–Crippen LogP) is -0.171. The van der Waals surface area contributed by atoms with Crippen molar-refractivity contribution >= 4 is 7.85 Å². The fourth-order valence-corrected chi connectivity index (χ4v) is 1.01. The van der Waals surface area contributed by atoms with E-state index in [2.05, 4.69) is 14.8 Å². The lowest BCUT2D eigenvalue weighted by Crippen LogP contribution is -2.37. The minimum atomic E-state index is -0.140. The van der Waals surface area contributed by atoms with E-state index < -0.39 is 0 Å². The Morgan fingerprint density at radius 3 is 2.15 bits per heavy atom. The lowest BCUT2D eigenvalue weighted by Gasteiger charge is -2.27. The number of hydrogen-bond acceptors (Lipinski definition) is 3. The van der Waals surface area contributed by atoms with E-state index in [-0.39, 0.29) is 11.0 Å². The molecule has 0 saturated carbocycles. The maximum Gasteiger partial charge on any atom is 0.142 e. The summed E-state index contributed by atoms with van der Waals surface area (Å²) >= 11 is 0. The molecule has 0 aromatic heterocycles. The summed E-state index contributed by atoms with van der Waals surface area (Å²) in [6, 6.07) is 0. The first kappa shape index (κ1) is 12.9. The van der Waals surface area contributed by atoms with E-state index in [1.807, 2.05) is 13.8 Å². The molecular formula is C9H23BN2O. The number of ether oxygens (including phenoxy) is 1. The lowest BCUT2D eigenvalue weighted by molar-refractivity contribution is 0.0200. The van der Waals surface area contributed by atoms with E-state index in [0.717, 1.165) is 12.8 Å². The van der Waals surface area contributed by atoms with E-state index in [4.69, 9.17) is 16.2 Å². The zero-order valence-electron chi connectivity index (χ0n) is 9.39. The van der Waals surface area contributed by atoms with E-state index in [1.165, 1.54) is 0 Å². The van der Waals surface area contributed by atoms with Crippen LogP contribution in [0.2, 0.25) is 0 Å². The van der Waals surface area contributed by atoms with E-state index in [1.54, 1.807) is 0 Å². The summed E-state index contributed by atoms with van der Waals surface area (Å²) in [4.78, 5) is 0. The van der Waals surface area contributed by atoms with Crippen molar-refractivity contribution in [2.24, 2.45) is 11.5 Å². The van der Waals surface area contributed by atoms with E-state index in [9.17, 15) is 0 Å². The lowest BCUT2D eigenvalue weighted by atomic mass is 9.80. The van der Waals surface area contributed by atoms with Gasteiger partial charge in [-0.3, -0.25) is 0 Å². The normalized spacial score (nSPS) is 17.0. The topological polar surface area (TPSA) is 61.3 Å². The smallest absolute Gasteiger partial charge is 0.142 e. The second-order valence-electron chi connectivity index (χ2n) is 4.89. The van der Waals surface area contributed by atoms with E-state index in [0.29, 0.717) is 13.2 Å². The van der Waals surface area contributed by atoms with Crippen LogP contribution in [0.5, 0.6) is 0 Å². The molecule has 0 radical (unpaired) electrons. The highest BCUT2D eigenvalue weighted by Gasteiger charge is 2.18. The molecule has 0 fully saturated rings. The highest BCUT2D eigenvalue weighted by atomic mass is 16.5. The molecule has 0 aromatic rings. The Morgan fingerprint density at radius 1 is 1.23 bits per heavy atom. The standard InChI is InChI=1S/C9H23BN2O/c1-8(2,12)5-7-13-9(3,10)4-6-11/h4-7,10-12H2,1-3H3. The molecule has 78 valence electrons. The van der Waals surface area contributed by atoms with Gasteiger partial charge in [-0.1, -0.05) is 0 Å². The van der Waals surface area contributed by atoms with Crippen molar-refractivity contribution in [1.29, 1.82) is 0 Å². The molecule has 0 spiro atoms. The molecule has 4 N–H and O–H groups in total. The van der Waals surface area contributed by atoms with Gasteiger partial charge in [-0.15, -0.1) is 0 Å². The maximum atomic E-state index is 5.83. The van der Waals surface area contributed by atoms with Gasteiger partial charge in [0.1, 0.15) is 7.85 Å². The minimum absolute atomic E-state index is 0.111. The number of rotatable bonds is 6. The molecule has 0 bridgehead atoms. The van der Waals surface area contributed by atoms with Gasteiger partial charge in [0.25, 0.3) is 0 Å². The summed E-state index contributed by atoms with van der Waals surface area (Å²) in [6.45, 7) is 7.44. The van der Waals surface area contributed by atoms with Crippen LogP contribution >= 0.6 is 0 Å². The molecule has 13 heavy (non-hydrogen) atoms. The monoisotopic (exact) mass is 186 g/mol. The van der Waals surface area contributed by atoms with Gasteiger partial charge < -0.3 is 16.2 Å². The second kappa shape index (κ2) is 4.98. The second-order valence-corrected chi connectivity index (χ2v) is 4.89. The van der Waals surface area contributed by atoms with Crippen molar-refractivity contribution in [1.82, 2.24) is 0 Å². The van der Waals surface area contributed by atoms with Crippen LogP contribution in [0.15, 0.2) is 0 Å². The van der Waals surface area contributed by atoms with Gasteiger partial charge in [-0.05, 0) is 40.2 Å². The Hall–Kier alpha value is -0.0551. The Balaban J connectivity index is 3.63. The Labute approximate surface area is 82.6 Å². The van der Waals surface area contributed by atoms with Gasteiger partial charge in [0.05, 0.1) is 0 Å². The first-order valence-corrected chi connectivity index (χ1v) is 4.90. The molecule has 0 heterocycles. The Morgan fingerprint density at radius 2 is 1.77 bits per heavy atom. The highest BCUT2D eigenvalue weighted by Crippen LogP contribution is 2.12. The van der Waals surface area contributed by atoms with Crippen LogP contribution in [0.3, 0.4) is 0 Å². The zero-order chi connectivity index (χ0) is 10.5. The van der Waals surface area contributed by atoms with Crippen molar-refractivity contribution < 1.29 is 4.74 Å². The molecule has 0 aliphatic carbocycles. The molecule has 1 unspecified atom stereocenters. The minimum Gasteiger partial charge on any atom is -0.384 e. The molecular weight excluding hydrogens is 163 g/mol. The van der Waals surface area contributed by atoms with Gasteiger partial charge >= 0.3 is 0 Å². The molecule has 3 nitrogen and oxygen atoms in total. The summed E-state index contributed by atoms with van der Waals surface area (Å²) in [7, 11) is 2.06. The van der Waals surface area contributed by atoms with Crippen LogP contribution < -0.4 is 11.5 Å². The summed E-state index contributed by atoms with van der Waals surface area (Å²) in [5.41, 5.74) is 11.1. The molecule has 0 rings (SSSR count). The van der Waals surface area contributed by atoms with Crippen LogP contribution in [0.1, 0.15) is 33.6 Å². The van der Waals surface area contributed by atoms with Crippen LogP contribution in [0, 0.1) is 0 Å². The first-order valence-electron chi connectivity index (χ1n) is 4.90. The molecule has 0 amide bonds. The van der Waals surface area contributed by atoms with Crippen molar-refractivity contribution in [2.75, 3.05) is 13.2 Å². The Bertz CT molecular complexity index is 143. The molecule has 0 saturated heterocycles. The van der Waals surface area contributed by atoms with Gasteiger partial charge in [0.15, 0.2) is 0 Å². The third kappa shape index (κ3) is 8.28. The van der Waals surface area contributed by atoms with Crippen molar-refractivity contribution in [3.05, 3.63) is 0 Å². The number of nitrogens with two attached hydrogens (primary N) is 2. The largest absolute Gasteiger partial charge is 0.384 e. The van der Waals surface area contributed by atoms with Crippen molar-refractivity contribution in [2.45, 2.75) is 44.7 Å². The van der Waals surface area contributed by atoms with Gasteiger partial charge in [-0.2, -0.15) is 0 Å². The molecule has 4 heteroatoms. The van der Waals surface area contributed by atoms with Crippen LogP contribution in [-0.4, -0.2) is 32.0 Å². The third-order valence-electron chi connectivity index (χ3n) is 1.99. The van der Waals surface area contributed by atoms with Crippen LogP contribution in [0.4, 0.5) is 0 Å². The summed E-state index contributed by atoms with van der Waals surface area (Å²) in [5.74, 6) is 0. The van der Waals surface area contributed by atoms with Crippen LogP contribution in [0.25, 0.3) is 0 Å². The third-order valence-corrected chi connectivity index (χ3v) is 1.99. The Kier molecular flexibility index (Phi) is 4.96. The quantitative estimate of drug-likeness (QED) is 0.566. The summed E-state index contributed by atoms with van der Waals surface area (Å²) in [5, 5.41) is 0. The highest BCUT2D eigenvalue weighted by molar-refractivity contribution is 6.14. The average Bonchev–Trinajstić information content (AvgIpc) is 1.82. The summed E-state index contributed by atoms with van der Waals surface area (Å²) < 4.78 is 5.69. The van der Waals surface area contributed by atoms with Gasteiger partial charge in [-0.25, -0.2) is 0 Å². The summed E-state index contributed by atoms with van der Waals surface area (Å²) in [6.07, 6.45) is 1.76. The average molecular weight is 186 g/mol. The molecule has 0 aliphatic heterocycles. The fraction of sp³-hybridized carbons (Fsp3) is 1.00. The predicted molar refractivity (Wildman–Crippen MR) is 59.5 cm³/mol. The zero-order valence-corrected chi connectivity index (χ0v) is 9.39. The van der Waals surface area contributed by atoms with Crippen LogP contribution in [-0.2, 0) is 4.74 Å². The fourth-order valence-electron chi connectivity index (χ4n) is 1.01. The van der Waals surface area contributed by atoms with Gasteiger partial charge in [0.2, 0.25) is 0 Å². The molecule has 1 atom stereocenters. The van der Waals surface area contributed by atoms with Gasteiger partial charge in [0, 0.05) is 17.6 Å². The van der Waals surface area contributed by atoms with Crippen molar-refractivity contribution in [3.8, 4) is 0 Å². The first-order chi connectivity index (χ1) is 5.77. The SMILES string of the molecule is BC(C)(CCN)OCCC(C)(C)N. The van der Waals surface area contributed by atoms with Crippen molar-refractivity contribution in [3.63, 3.8) is 0 Å². The molecule has 0 aromatic carbocycles. The number of hydrogen-bond donors (Lipinski definition) is 2. The van der Waals surface area contributed by atoms with E-state index >= 15 is 0 Å². The molecule has 0 aliphatic rings. The maximum absolute atomic E-state index is 5.83.